The quantitative estimate of drug-likeness (QED) is 0.852. The summed E-state index contributed by atoms with van der Waals surface area (Å²) in [7, 11) is 1.74. The molecule has 2 heterocycles. The number of hydrogen-bond acceptors (Lipinski definition) is 3. The fraction of sp³-hybridized carbons (Fsp3) is 0.429. The van der Waals surface area contributed by atoms with Crippen LogP contribution in [0.1, 0.15) is 29.9 Å². The maximum absolute atomic E-state index is 6.13. The van der Waals surface area contributed by atoms with Gasteiger partial charge in [-0.25, -0.2) is 0 Å². The summed E-state index contributed by atoms with van der Waals surface area (Å²) in [4.78, 5) is 2.57. The first-order chi connectivity index (χ1) is 11.8. The van der Waals surface area contributed by atoms with E-state index < -0.39 is 0 Å². The van der Waals surface area contributed by atoms with Crippen molar-refractivity contribution < 1.29 is 9.47 Å². The zero-order valence-electron chi connectivity index (χ0n) is 14.3. The molecule has 2 unspecified atom stereocenters. The van der Waals surface area contributed by atoms with Crippen LogP contribution in [0.15, 0.2) is 48.5 Å². The summed E-state index contributed by atoms with van der Waals surface area (Å²) in [6.45, 7) is 3.31. The molecule has 0 aromatic heterocycles. The lowest BCUT2D eigenvalue weighted by Gasteiger charge is -2.34. The van der Waals surface area contributed by atoms with E-state index in [1.807, 2.05) is 6.07 Å². The van der Waals surface area contributed by atoms with E-state index >= 15 is 0 Å². The van der Waals surface area contributed by atoms with Crippen LogP contribution in [0.3, 0.4) is 0 Å². The molecule has 126 valence electrons. The highest BCUT2D eigenvalue weighted by molar-refractivity contribution is 5.37. The summed E-state index contributed by atoms with van der Waals surface area (Å²) in [6, 6.07) is 17.0. The second-order valence-corrected chi connectivity index (χ2v) is 6.93. The number of likely N-dealkylation sites (tertiary alicyclic amines) is 1. The Bertz CT molecular complexity index is 675. The number of rotatable bonds is 4. The molecule has 1 saturated heterocycles. The highest BCUT2D eigenvalue weighted by atomic mass is 16.5. The summed E-state index contributed by atoms with van der Waals surface area (Å²) in [6.07, 6.45) is 3.85. The second kappa shape index (κ2) is 6.86. The molecule has 0 bridgehead atoms. The van der Waals surface area contributed by atoms with Gasteiger partial charge in [-0.3, -0.25) is 4.90 Å². The van der Waals surface area contributed by atoms with E-state index in [1.54, 1.807) is 7.11 Å². The summed E-state index contributed by atoms with van der Waals surface area (Å²) >= 11 is 0. The van der Waals surface area contributed by atoms with Crippen LogP contribution in [0.4, 0.5) is 0 Å². The van der Waals surface area contributed by atoms with Gasteiger partial charge in [-0.15, -0.1) is 0 Å². The van der Waals surface area contributed by atoms with Crippen LogP contribution in [-0.2, 0) is 6.42 Å². The normalized spacial score (nSPS) is 23.5. The SMILES string of the molecule is COc1cccc(C2CCCN(CC3Cc4ccccc4O3)C2)c1. The molecule has 2 atom stereocenters. The van der Waals surface area contributed by atoms with E-state index in [1.165, 1.54) is 30.5 Å². The van der Waals surface area contributed by atoms with Gasteiger partial charge in [-0.05, 0) is 54.6 Å². The molecule has 0 aliphatic carbocycles. The van der Waals surface area contributed by atoms with Crippen LogP contribution >= 0.6 is 0 Å². The molecule has 2 aliphatic heterocycles. The van der Waals surface area contributed by atoms with Gasteiger partial charge in [-0.2, -0.15) is 0 Å². The molecule has 4 rings (SSSR count). The zero-order chi connectivity index (χ0) is 16.4. The van der Waals surface area contributed by atoms with Crippen molar-refractivity contribution in [3.63, 3.8) is 0 Å². The highest BCUT2D eigenvalue weighted by Gasteiger charge is 2.28. The Kier molecular flexibility index (Phi) is 4.44. The molecule has 3 nitrogen and oxygen atoms in total. The summed E-state index contributed by atoms with van der Waals surface area (Å²) in [5, 5.41) is 0. The van der Waals surface area contributed by atoms with Crippen molar-refractivity contribution in [1.82, 2.24) is 4.90 Å². The maximum atomic E-state index is 6.13. The lowest BCUT2D eigenvalue weighted by molar-refractivity contribution is 0.126. The molecule has 2 aromatic rings. The summed E-state index contributed by atoms with van der Waals surface area (Å²) in [5.41, 5.74) is 2.75. The maximum Gasteiger partial charge on any atom is 0.123 e. The third kappa shape index (κ3) is 3.27. The molecule has 24 heavy (non-hydrogen) atoms. The lowest BCUT2D eigenvalue weighted by atomic mass is 9.90. The molecule has 3 heteroatoms. The molecule has 0 amide bonds. The largest absolute Gasteiger partial charge is 0.497 e. The molecule has 0 N–H and O–H groups in total. The molecule has 1 fully saturated rings. The van der Waals surface area contributed by atoms with Crippen molar-refractivity contribution in [2.75, 3.05) is 26.7 Å². The Morgan fingerprint density at radius 1 is 1.17 bits per heavy atom. The van der Waals surface area contributed by atoms with E-state index in [2.05, 4.69) is 47.4 Å². The number of para-hydroxylation sites is 1. The van der Waals surface area contributed by atoms with Crippen molar-refractivity contribution in [2.45, 2.75) is 31.3 Å². The molecule has 0 saturated carbocycles. The van der Waals surface area contributed by atoms with Gasteiger partial charge in [-0.1, -0.05) is 30.3 Å². The number of piperidine rings is 1. The molecule has 0 spiro atoms. The first-order valence-electron chi connectivity index (χ1n) is 8.92. The smallest absolute Gasteiger partial charge is 0.123 e. The van der Waals surface area contributed by atoms with Gasteiger partial charge in [0.2, 0.25) is 0 Å². The van der Waals surface area contributed by atoms with E-state index in [4.69, 9.17) is 9.47 Å². The van der Waals surface area contributed by atoms with Crippen molar-refractivity contribution in [1.29, 1.82) is 0 Å². The predicted octanol–water partition coefficient (Wildman–Crippen LogP) is 3.88. The van der Waals surface area contributed by atoms with E-state index in [9.17, 15) is 0 Å². The monoisotopic (exact) mass is 323 g/mol. The van der Waals surface area contributed by atoms with Gasteiger partial charge >= 0.3 is 0 Å². The fourth-order valence-corrected chi connectivity index (χ4v) is 4.03. The minimum Gasteiger partial charge on any atom is -0.497 e. The van der Waals surface area contributed by atoms with Crippen molar-refractivity contribution in [3.05, 3.63) is 59.7 Å². The van der Waals surface area contributed by atoms with Crippen LogP contribution in [0.5, 0.6) is 11.5 Å². The Morgan fingerprint density at radius 3 is 2.96 bits per heavy atom. The highest BCUT2D eigenvalue weighted by Crippen LogP contribution is 2.32. The number of hydrogen-bond donors (Lipinski definition) is 0. The Labute approximate surface area is 144 Å². The van der Waals surface area contributed by atoms with Crippen molar-refractivity contribution in [3.8, 4) is 11.5 Å². The summed E-state index contributed by atoms with van der Waals surface area (Å²) < 4.78 is 11.5. The standard InChI is InChI=1S/C21H25NO2/c1-23-19-9-4-7-16(12-19)18-8-5-11-22(14-18)15-20-13-17-6-2-3-10-21(17)24-20/h2-4,6-7,9-10,12,18,20H,5,8,11,13-15H2,1H3. The van der Waals surface area contributed by atoms with Crippen LogP contribution in [0.25, 0.3) is 0 Å². The molecule has 0 radical (unpaired) electrons. The first-order valence-corrected chi connectivity index (χ1v) is 8.92. The fourth-order valence-electron chi connectivity index (χ4n) is 4.03. The van der Waals surface area contributed by atoms with Gasteiger partial charge in [0.25, 0.3) is 0 Å². The van der Waals surface area contributed by atoms with Gasteiger partial charge in [0.15, 0.2) is 0 Å². The minimum atomic E-state index is 0.298. The predicted molar refractivity (Wildman–Crippen MR) is 96.0 cm³/mol. The Balaban J connectivity index is 1.39. The molecule has 2 aliphatic rings. The van der Waals surface area contributed by atoms with Crippen molar-refractivity contribution in [2.24, 2.45) is 0 Å². The zero-order valence-corrected chi connectivity index (χ0v) is 14.3. The van der Waals surface area contributed by atoms with Gasteiger partial charge in [0.05, 0.1) is 7.11 Å². The third-order valence-corrected chi connectivity index (χ3v) is 5.25. The number of ether oxygens (including phenoxy) is 2. The number of fused-ring (bicyclic) bond motifs is 1. The lowest BCUT2D eigenvalue weighted by Crippen LogP contribution is -2.40. The Morgan fingerprint density at radius 2 is 2.08 bits per heavy atom. The van der Waals surface area contributed by atoms with Gasteiger partial charge < -0.3 is 9.47 Å². The first kappa shape index (κ1) is 15.5. The van der Waals surface area contributed by atoms with Crippen LogP contribution in [0, 0.1) is 0 Å². The average Bonchev–Trinajstić information content (AvgIpc) is 3.04. The topological polar surface area (TPSA) is 21.7 Å². The number of methoxy groups -OCH3 is 1. The van der Waals surface area contributed by atoms with E-state index in [0.717, 1.165) is 31.0 Å². The molecule has 2 aromatic carbocycles. The number of benzene rings is 2. The van der Waals surface area contributed by atoms with Crippen molar-refractivity contribution >= 4 is 0 Å². The summed E-state index contributed by atoms with van der Waals surface area (Å²) in [5.74, 6) is 2.63. The minimum absolute atomic E-state index is 0.298. The van der Waals surface area contributed by atoms with E-state index in [-0.39, 0.29) is 0 Å². The molecular formula is C21H25NO2. The van der Waals surface area contributed by atoms with Crippen LogP contribution in [0.2, 0.25) is 0 Å². The van der Waals surface area contributed by atoms with Gasteiger partial charge in [0.1, 0.15) is 17.6 Å². The molecular weight excluding hydrogens is 298 g/mol. The van der Waals surface area contributed by atoms with Crippen LogP contribution in [-0.4, -0.2) is 37.7 Å². The second-order valence-electron chi connectivity index (χ2n) is 6.93. The third-order valence-electron chi connectivity index (χ3n) is 5.25. The Hall–Kier alpha value is -2.00. The van der Waals surface area contributed by atoms with Crippen LogP contribution < -0.4 is 9.47 Å². The van der Waals surface area contributed by atoms with Gasteiger partial charge in [0, 0.05) is 19.5 Å². The van der Waals surface area contributed by atoms with E-state index in [0.29, 0.717) is 12.0 Å². The number of nitrogens with zero attached hydrogens (tertiary/aromatic N) is 1. The average molecular weight is 323 g/mol.